The third-order valence-electron chi connectivity index (χ3n) is 6.94. The van der Waals surface area contributed by atoms with Gasteiger partial charge in [-0.3, -0.25) is 4.79 Å². The van der Waals surface area contributed by atoms with E-state index in [-0.39, 0.29) is 11.4 Å². The quantitative estimate of drug-likeness (QED) is 0.610. The Labute approximate surface area is 201 Å². The maximum atomic E-state index is 15.7. The van der Waals surface area contributed by atoms with Gasteiger partial charge in [0.15, 0.2) is 5.82 Å². The topological polar surface area (TPSA) is 93.1 Å². The highest BCUT2D eigenvalue weighted by molar-refractivity contribution is 5.86. The van der Waals surface area contributed by atoms with Crippen LogP contribution in [-0.2, 0) is 16.9 Å². The van der Waals surface area contributed by atoms with Crippen LogP contribution in [0.5, 0.6) is 5.88 Å². The number of pyridine rings is 2. The van der Waals surface area contributed by atoms with Crippen molar-refractivity contribution >= 4 is 11.7 Å². The van der Waals surface area contributed by atoms with Crippen LogP contribution < -0.4 is 10.1 Å². The van der Waals surface area contributed by atoms with Crippen LogP contribution in [0.1, 0.15) is 36.6 Å². The summed E-state index contributed by atoms with van der Waals surface area (Å²) in [5.41, 5.74) is -0.632. The van der Waals surface area contributed by atoms with Gasteiger partial charge in [-0.1, -0.05) is 0 Å². The molecule has 2 atom stereocenters. The Hall–Kier alpha value is -3.69. The van der Waals surface area contributed by atoms with Crippen LogP contribution in [-0.4, -0.2) is 56.5 Å². The molecule has 0 unspecified atom stereocenters. The van der Waals surface area contributed by atoms with E-state index in [1.54, 1.807) is 18.5 Å². The number of alkyl halides is 1. The van der Waals surface area contributed by atoms with Crippen molar-refractivity contribution in [3.63, 3.8) is 0 Å². The number of nitrogens with zero attached hydrogens (tertiary/aromatic N) is 5. The number of likely N-dealkylation sites (tertiary alicyclic amines) is 1. The van der Waals surface area contributed by atoms with Crippen molar-refractivity contribution in [3.8, 4) is 17.3 Å². The van der Waals surface area contributed by atoms with E-state index < -0.39 is 22.9 Å². The molecule has 0 aliphatic carbocycles. The lowest BCUT2D eigenvalue weighted by molar-refractivity contribution is -0.142. The first-order chi connectivity index (χ1) is 16.7. The summed E-state index contributed by atoms with van der Waals surface area (Å²) in [6.07, 6.45) is 6.41. The van der Waals surface area contributed by atoms with Crippen LogP contribution in [0.3, 0.4) is 0 Å². The van der Waals surface area contributed by atoms with Gasteiger partial charge in [-0.15, -0.1) is 0 Å². The van der Waals surface area contributed by atoms with E-state index in [2.05, 4.69) is 26.3 Å². The lowest BCUT2D eigenvalue weighted by Crippen LogP contribution is -2.48. The monoisotopic (exact) mass is 480 g/mol. The predicted octanol–water partition coefficient (Wildman–Crippen LogP) is 3.60. The van der Waals surface area contributed by atoms with Crippen LogP contribution >= 0.6 is 0 Å². The number of hydrogen-bond donors (Lipinski definition) is 1. The largest absolute Gasteiger partial charge is 0.481 e. The first-order valence-electron chi connectivity index (χ1n) is 11.5. The normalized spacial score (nSPS) is 20.8. The number of anilines is 1. The number of carbonyl (C=O) groups excluding carboxylic acids is 1. The summed E-state index contributed by atoms with van der Waals surface area (Å²) in [4.78, 5) is 31.8. The van der Waals surface area contributed by atoms with E-state index in [4.69, 9.17) is 9.72 Å². The molecule has 0 aromatic carbocycles. The van der Waals surface area contributed by atoms with Gasteiger partial charge in [0.1, 0.15) is 11.6 Å². The zero-order chi connectivity index (χ0) is 24.8. The van der Waals surface area contributed by atoms with Crippen molar-refractivity contribution in [2.75, 3.05) is 25.5 Å². The van der Waals surface area contributed by atoms with Gasteiger partial charge in [-0.05, 0) is 50.8 Å². The van der Waals surface area contributed by atoms with Gasteiger partial charge in [0.25, 0.3) is 5.91 Å². The molecule has 35 heavy (non-hydrogen) atoms. The number of carbonyl (C=O) groups is 1. The molecule has 2 aliphatic heterocycles. The summed E-state index contributed by atoms with van der Waals surface area (Å²) in [6, 6.07) is 4.96. The maximum Gasteiger partial charge on any atom is 0.264 e. The number of amides is 1. The summed E-state index contributed by atoms with van der Waals surface area (Å²) in [5, 5.41) is 3.53. The molecule has 1 amide bonds. The first kappa shape index (κ1) is 23.1. The molecule has 2 aliphatic rings. The highest BCUT2D eigenvalue weighted by Crippen LogP contribution is 2.40. The summed E-state index contributed by atoms with van der Waals surface area (Å²) in [5.74, 6) is -0.241. The summed E-state index contributed by atoms with van der Waals surface area (Å²) in [7, 11) is 1.35. The summed E-state index contributed by atoms with van der Waals surface area (Å²) >= 11 is 0. The molecule has 1 spiro atoms. The lowest BCUT2D eigenvalue weighted by Gasteiger charge is -2.37. The van der Waals surface area contributed by atoms with Crippen molar-refractivity contribution in [1.82, 2.24) is 24.8 Å². The molecular formula is C25H26F2N6O2. The standard InChI is InChI=1S/C25H26F2N6O2/c1-15-17(22-28-8-4-9-29-22)11-16-5-6-25(32-21(16)31-15)7-10-33(14-25)23(34)24(2,27)18-12-20(35-3)30-13-19(18)26/h4,8-9,11-13H,5-7,10,14H2,1-3H3,(H,31,32)/t24-,25-/m0/s1. The molecule has 0 saturated carbocycles. The minimum absolute atomic E-state index is 0.0447. The maximum absolute atomic E-state index is 15.7. The fraction of sp³-hybridized carbons (Fsp3) is 0.400. The summed E-state index contributed by atoms with van der Waals surface area (Å²) in [6.45, 7) is 3.66. The van der Waals surface area contributed by atoms with Gasteiger partial charge in [-0.25, -0.2) is 28.7 Å². The van der Waals surface area contributed by atoms with Crippen LogP contribution in [0.15, 0.2) is 36.8 Å². The fourth-order valence-corrected chi connectivity index (χ4v) is 4.95. The number of halogens is 2. The van der Waals surface area contributed by atoms with Crippen molar-refractivity contribution in [1.29, 1.82) is 0 Å². The Bertz CT molecular complexity index is 1290. The van der Waals surface area contributed by atoms with Gasteiger partial charge in [0.05, 0.1) is 24.5 Å². The molecule has 182 valence electrons. The highest BCUT2D eigenvalue weighted by Gasteiger charge is 2.48. The molecule has 1 fully saturated rings. The highest BCUT2D eigenvalue weighted by atomic mass is 19.1. The predicted molar refractivity (Wildman–Crippen MR) is 125 cm³/mol. The molecular weight excluding hydrogens is 454 g/mol. The second-order valence-electron chi connectivity index (χ2n) is 9.29. The third kappa shape index (κ3) is 4.06. The molecule has 1 N–H and O–H groups in total. The zero-order valence-corrected chi connectivity index (χ0v) is 19.8. The van der Waals surface area contributed by atoms with Crippen LogP contribution in [0, 0.1) is 12.7 Å². The third-order valence-corrected chi connectivity index (χ3v) is 6.94. The Morgan fingerprint density at radius 2 is 2.00 bits per heavy atom. The number of fused-ring (bicyclic) bond motifs is 1. The first-order valence-corrected chi connectivity index (χ1v) is 11.5. The van der Waals surface area contributed by atoms with Crippen molar-refractivity contribution in [2.24, 2.45) is 0 Å². The molecule has 0 radical (unpaired) electrons. The molecule has 8 nitrogen and oxygen atoms in total. The molecule has 5 heterocycles. The van der Waals surface area contributed by atoms with Gasteiger partial charge >= 0.3 is 0 Å². The van der Waals surface area contributed by atoms with Gasteiger partial charge in [0, 0.05) is 42.7 Å². The number of methoxy groups -OCH3 is 1. The minimum atomic E-state index is -2.56. The molecule has 5 rings (SSSR count). The molecule has 0 bridgehead atoms. The van der Waals surface area contributed by atoms with Crippen LogP contribution in [0.4, 0.5) is 14.6 Å². The van der Waals surface area contributed by atoms with E-state index in [1.807, 2.05) is 6.92 Å². The van der Waals surface area contributed by atoms with Crippen molar-refractivity contribution < 1.29 is 18.3 Å². The number of aromatic nitrogens is 4. The Balaban J connectivity index is 1.36. The van der Waals surface area contributed by atoms with E-state index >= 15 is 4.39 Å². The number of ether oxygens (including phenoxy) is 1. The Morgan fingerprint density at radius 3 is 2.74 bits per heavy atom. The van der Waals surface area contributed by atoms with E-state index in [9.17, 15) is 9.18 Å². The summed E-state index contributed by atoms with van der Waals surface area (Å²) < 4.78 is 35.1. The van der Waals surface area contributed by atoms with Crippen molar-refractivity contribution in [2.45, 2.75) is 44.3 Å². The van der Waals surface area contributed by atoms with E-state index in [0.717, 1.165) is 54.7 Å². The number of aryl methyl sites for hydroxylation is 2. The number of hydrogen-bond acceptors (Lipinski definition) is 7. The SMILES string of the molecule is COc1cc([C@](C)(F)C(=O)N2CC[C@@]3(CCc4cc(-c5ncccn5)c(C)nc4N3)C2)c(F)cn1. The number of nitrogens with one attached hydrogen (secondary N) is 1. The molecule has 1 saturated heterocycles. The van der Waals surface area contributed by atoms with Crippen molar-refractivity contribution in [3.05, 3.63) is 59.4 Å². The van der Waals surface area contributed by atoms with Gasteiger partial charge < -0.3 is 15.0 Å². The fourth-order valence-electron chi connectivity index (χ4n) is 4.95. The average Bonchev–Trinajstić information content (AvgIpc) is 3.26. The van der Waals surface area contributed by atoms with E-state index in [1.165, 1.54) is 12.0 Å². The minimum Gasteiger partial charge on any atom is -0.481 e. The Morgan fingerprint density at radius 1 is 1.23 bits per heavy atom. The second kappa shape index (κ2) is 8.51. The van der Waals surface area contributed by atoms with Crippen LogP contribution in [0.2, 0.25) is 0 Å². The molecule has 3 aromatic rings. The van der Waals surface area contributed by atoms with Crippen LogP contribution in [0.25, 0.3) is 11.4 Å². The Kier molecular flexibility index (Phi) is 5.61. The lowest BCUT2D eigenvalue weighted by atomic mass is 9.86. The molecule has 3 aromatic heterocycles. The van der Waals surface area contributed by atoms with E-state index in [0.29, 0.717) is 25.3 Å². The van der Waals surface area contributed by atoms with Gasteiger partial charge in [-0.2, -0.15) is 0 Å². The van der Waals surface area contributed by atoms with Gasteiger partial charge in [0.2, 0.25) is 11.5 Å². The number of rotatable bonds is 4. The zero-order valence-electron chi connectivity index (χ0n) is 19.8. The smallest absolute Gasteiger partial charge is 0.264 e. The second-order valence-corrected chi connectivity index (χ2v) is 9.29. The molecule has 10 heteroatoms. The average molecular weight is 481 g/mol.